The maximum atomic E-state index is 13.2. The molecular formula is C13H15FN2. The zero-order chi connectivity index (χ0) is 11.7. The molecule has 1 heterocycles. The minimum Gasteiger partial charge on any atom is -0.370 e. The fourth-order valence-corrected chi connectivity index (χ4v) is 1.87. The topological polar surface area (TPSA) is 24.9 Å². The first-order valence-electron chi connectivity index (χ1n) is 5.43. The Morgan fingerprint density at radius 2 is 1.94 bits per heavy atom. The van der Waals surface area contributed by atoms with Gasteiger partial charge in [-0.25, -0.2) is 9.37 Å². The average Bonchev–Trinajstić information content (AvgIpc) is 2.20. The van der Waals surface area contributed by atoms with Gasteiger partial charge in [-0.15, -0.1) is 0 Å². The van der Waals surface area contributed by atoms with Crippen LogP contribution in [-0.4, -0.2) is 11.5 Å². The number of halogens is 1. The highest BCUT2D eigenvalue weighted by atomic mass is 19.1. The Labute approximate surface area is 94.5 Å². The Morgan fingerprint density at radius 1 is 1.19 bits per heavy atom. The standard InChI is InChI=1S/C13H15FN2/c1-4-15-13-9(3)5-10-7-11(14)6-8(2)12(10)16-13/h5-7H,4H2,1-3H3,(H,15,16). The van der Waals surface area contributed by atoms with Crippen LogP contribution in [0.1, 0.15) is 18.1 Å². The molecule has 0 spiro atoms. The molecule has 0 radical (unpaired) electrons. The van der Waals surface area contributed by atoms with Gasteiger partial charge < -0.3 is 5.32 Å². The van der Waals surface area contributed by atoms with Gasteiger partial charge in [0.15, 0.2) is 0 Å². The number of aromatic nitrogens is 1. The van der Waals surface area contributed by atoms with Gasteiger partial charge in [0.05, 0.1) is 5.52 Å². The smallest absolute Gasteiger partial charge is 0.129 e. The first-order valence-corrected chi connectivity index (χ1v) is 5.43. The summed E-state index contributed by atoms with van der Waals surface area (Å²) in [5, 5.41) is 4.06. The van der Waals surface area contributed by atoms with Crippen LogP contribution in [0.2, 0.25) is 0 Å². The second-order valence-corrected chi connectivity index (χ2v) is 3.98. The molecule has 0 aliphatic heterocycles. The molecule has 0 aliphatic carbocycles. The fraction of sp³-hybridized carbons (Fsp3) is 0.308. The molecule has 0 atom stereocenters. The minimum atomic E-state index is -0.206. The molecule has 1 aromatic heterocycles. The molecular weight excluding hydrogens is 203 g/mol. The number of benzene rings is 1. The van der Waals surface area contributed by atoms with Crippen molar-refractivity contribution in [2.75, 3.05) is 11.9 Å². The molecule has 0 amide bonds. The van der Waals surface area contributed by atoms with Crippen molar-refractivity contribution >= 4 is 16.7 Å². The number of pyridine rings is 1. The van der Waals surface area contributed by atoms with Gasteiger partial charge in [-0.1, -0.05) is 0 Å². The molecule has 0 aliphatic rings. The SMILES string of the molecule is CCNc1nc2c(C)cc(F)cc2cc1C. The van der Waals surface area contributed by atoms with Crippen molar-refractivity contribution in [2.45, 2.75) is 20.8 Å². The molecule has 1 N–H and O–H groups in total. The molecule has 2 nitrogen and oxygen atoms in total. The highest BCUT2D eigenvalue weighted by Crippen LogP contribution is 2.23. The van der Waals surface area contributed by atoms with Crippen molar-refractivity contribution in [3.8, 4) is 0 Å². The summed E-state index contributed by atoms with van der Waals surface area (Å²) >= 11 is 0. The predicted octanol–water partition coefficient (Wildman–Crippen LogP) is 3.42. The lowest BCUT2D eigenvalue weighted by molar-refractivity contribution is 0.628. The summed E-state index contributed by atoms with van der Waals surface area (Å²) in [5.41, 5.74) is 2.77. The summed E-state index contributed by atoms with van der Waals surface area (Å²) < 4.78 is 13.2. The van der Waals surface area contributed by atoms with Crippen molar-refractivity contribution in [3.05, 3.63) is 35.1 Å². The first-order chi connectivity index (χ1) is 7.61. The number of rotatable bonds is 2. The van der Waals surface area contributed by atoms with Crippen LogP contribution in [0, 0.1) is 19.7 Å². The van der Waals surface area contributed by atoms with Crippen molar-refractivity contribution in [3.63, 3.8) is 0 Å². The van der Waals surface area contributed by atoms with Gasteiger partial charge in [0.2, 0.25) is 0 Å². The number of nitrogens with one attached hydrogen (secondary N) is 1. The van der Waals surface area contributed by atoms with Crippen LogP contribution in [0.5, 0.6) is 0 Å². The van der Waals surface area contributed by atoms with Crippen LogP contribution in [0.4, 0.5) is 10.2 Å². The lowest BCUT2D eigenvalue weighted by Crippen LogP contribution is -2.02. The molecule has 0 unspecified atom stereocenters. The summed E-state index contributed by atoms with van der Waals surface area (Å²) in [6.45, 7) is 6.72. The number of anilines is 1. The van der Waals surface area contributed by atoms with Gasteiger partial charge in [0, 0.05) is 11.9 Å². The van der Waals surface area contributed by atoms with E-state index in [4.69, 9.17) is 0 Å². The van der Waals surface area contributed by atoms with E-state index in [9.17, 15) is 4.39 Å². The minimum absolute atomic E-state index is 0.206. The summed E-state index contributed by atoms with van der Waals surface area (Å²) in [7, 11) is 0. The van der Waals surface area contributed by atoms with E-state index in [0.29, 0.717) is 0 Å². The van der Waals surface area contributed by atoms with E-state index in [0.717, 1.165) is 34.4 Å². The van der Waals surface area contributed by atoms with Crippen LogP contribution in [0.15, 0.2) is 18.2 Å². The quantitative estimate of drug-likeness (QED) is 0.835. The molecule has 2 rings (SSSR count). The third kappa shape index (κ3) is 1.85. The number of aryl methyl sites for hydroxylation is 2. The Hall–Kier alpha value is -1.64. The highest BCUT2D eigenvalue weighted by molar-refractivity contribution is 5.84. The Balaban J connectivity index is 2.69. The van der Waals surface area contributed by atoms with Gasteiger partial charge >= 0.3 is 0 Å². The summed E-state index contributed by atoms with van der Waals surface area (Å²) in [6.07, 6.45) is 0. The van der Waals surface area contributed by atoms with E-state index in [-0.39, 0.29) is 5.82 Å². The van der Waals surface area contributed by atoms with Gasteiger partial charge in [-0.3, -0.25) is 0 Å². The van der Waals surface area contributed by atoms with Crippen LogP contribution in [0.3, 0.4) is 0 Å². The average molecular weight is 218 g/mol. The van der Waals surface area contributed by atoms with Crippen LogP contribution in [-0.2, 0) is 0 Å². The van der Waals surface area contributed by atoms with Crippen molar-refractivity contribution < 1.29 is 4.39 Å². The van der Waals surface area contributed by atoms with Gasteiger partial charge in [-0.05, 0) is 50.1 Å². The van der Waals surface area contributed by atoms with E-state index in [1.807, 2.05) is 26.8 Å². The monoisotopic (exact) mass is 218 g/mol. The third-order valence-electron chi connectivity index (χ3n) is 2.61. The highest BCUT2D eigenvalue weighted by Gasteiger charge is 2.06. The molecule has 0 bridgehead atoms. The lowest BCUT2D eigenvalue weighted by atomic mass is 10.1. The number of fused-ring (bicyclic) bond motifs is 1. The van der Waals surface area contributed by atoms with Crippen molar-refractivity contribution in [1.82, 2.24) is 4.98 Å². The van der Waals surface area contributed by atoms with Crippen LogP contribution in [0.25, 0.3) is 10.9 Å². The van der Waals surface area contributed by atoms with Crippen molar-refractivity contribution in [1.29, 1.82) is 0 Å². The second kappa shape index (κ2) is 4.08. The van der Waals surface area contributed by atoms with Crippen LogP contribution >= 0.6 is 0 Å². The molecule has 0 fully saturated rings. The van der Waals surface area contributed by atoms with Gasteiger partial charge in [0.25, 0.3) is 0 Å². The van der Waals surface area contributed by atoms with Gasteiger partial charge in [-0.2, -0.15) is 0 Å². The van der Waals surface area contributed by atoms with Crippen LogP contribution < -0.4 is 5.32 Å². The molecule has 1 aromatic carbocycles. The Kier molecular flexibility index (Phi) is 2.77. The normalized spacial score (nSPS) is 10.8. The Bertz CT molecular complexity index is 535. The zero-order valence-electron chi connectivity index (χ0n) is 9.76. The third-order valence-corrected chi connectivity index (χ3v) is 2.61. The zero-order valence-corrected chi connectivity index (χ0v) is 9.76. The first kappa shape index (κ1) is 10.9. The molecule has 84 valence electrons. The maximum Gasteiger partial charge on any atom is 0.129 e. The molecule has 0 saturated carbocycles. The van der Waals surface area contributed by atoms with E-state index in [2.05, 4.69) is 10.3 Å². The number of hydrogen-bond donors (Lipinski definition) is 1. The number of hydrogen-bond acceptors (Lipinski definition) is 2. The molecule has 3 heteroatoms. The number of nitrogens with zero attached hydrogens (tertiary/aromatic N) is 1. The van der Waals surface area contributed by atoms with E-state index < -0.39 is 0 Å². The molecule has 16 heavy (non-hydrogen) atoms. The molecule has 2 aromatic rings. The fourth-order valence-electron chi connectivity index (χ4n) is 1.87. The summed E-state index contributed by atoms with van der Waals surface area (Å²) in [4.78, 5) is 4.53. The Morgan fingerprint density at radius 3 is 2.62 bits per heavy atom. The van der Waals surface area contributed by atoms with Crippen molar-refractivity contribution in [2.24, 2.45) is 0 Å². The lowest BCUT2D eigenvalue weighted by Gasteiger charge is -2.09. The second-order valence-electron chi connectivity index (χ2n) is 3.98. The predicted molar refractivity (Wildman–Crippen MR) is 65.3 cm³/mol. The van der Waals surface area contributed by atoms with E-state index in [1.54, 1.807) is 0 Å². The van der Waals surface area contributed by atoms with E-state index >= 15 is 0 Å². The summed E-state index contributed by atoms with van der Waals surface area (Å²) in [6, 6.07) is 5.01. The van der Waals surface area contributed by atoms with E-state index in [1.165, 1.54) is 12.1 Å². The molecule has 0 saturated heterocycles. The van der Waals surface area contributed by atoms with Gasteiger partial charge in [0.1, 0.15) is 11.6 Å². The largest absolute Gasteiger partial charge is 0.370 e. The summed E-state index contributed by atoms with van der Waals surface area (Å²) in [5.74, 6) is 0.673. The maximum absolute atomic E-state index is 13.2.